The fourth-order valence-electron chi connectivity index (χ4n) is 2.82. The number of hydrogen-bond acceptors (Lipinski definition) is 5. The van der Waals surface area contributed by atoms with E-state index in [0.717, 1.165) is 16.7 Å². The minimum Gasteiger partial charge on any atom is -0.295 e. The maximum absolute atomic E-state index is 12.1. The van der Waals surface area contributed by atoms with Gasteiger partial charge in [-0.25, -0.2) is 19.3 Å². The lowest BCUT2D eigenvalue weighted by Crippen LogP contribution is -2.19. The van der Waals surface area contributed by atoms with Crippen molar-refractivity contribution in [2.24, 2.45) is 0 Å². The molecule has 0 N–H and O–H groups in total. The number of benzene rings is 1. The van der Waals surface area contributed by atoms with Crippen LogP contribution in [0.1, 0.15) is 43.0 Å². The Bertz CT molecular complexity index is 927. The zero-order chi connectivity index (χ0) is 18.2. The summed E-state index contributed by atoms with van der Waals surface area (Å²) in [5.74, 6) is 0.195. The molecule has 0 aliphatic carbocycles. The number of aryl methyl sites for hydroxylation is 2. The van der Waals surface area contributed by atoms with E-state index in [1.807, 2.05) is 0 Å². The Balaban J connectivity index is 2.05. The summed E-state index contributed by atoms with van der Waals surface area (Å²) in [5, 5.41) is 3.85. The van der Waals surface area contributed by atoms with Gasteiger partial charge in [0.15, 0.2) is 5.82 Å². The molecule has 0 radical (unpaired) electrons. The largest absolute Gasteiger partial charge is 0.442 e. The Labute approximate surface area is 146 Å². The molecule has 2 heterocycles. The summed E-state index contributed by atoms with van der Waals surface area (Å²) in [6.07, 6.45) is 3.22. The molecular weight excluding hydrogens is 316 g/mol. The number of nitrogens with zero attached hydrogens (tertiary/aromatic N) is 4. The molecule has 3 rings (SSSR count). The van der Waals surface area contributed by atoms with Gasteiger partial charge in [0, 0.05) is 12.4 Å². The lowest BCUT2D eigenvalue weighted by atomic mass is 9.84. The van der Waals surface area contributed by atoms with Gasteiger partial charge in [0.05, 0.1) is 6.54 Å². The van der Waals surface area contributed by atoms with Crippen LogP contribution in [0.4, 0.5) is 0 Å². The highest BCUT2D eigenvalue weighted by Gasteiger charge is 2.19. The summed E-state index contributed by atoms with van der Waals surface area (Å²) in [6.45, 7) is 11.1. The summed E-state index contributed by atoms with van der Waals surface area (Å²) in [7, 11) is 0. The Morgan fingerprint density at radius 1 is 1.08 bits per heavy atom. The van der Waals surface area contributed by atoms with E-state index in [4.69, 9.17) is 4.52 Å². The maximum atomic E-state index is 12.1. The van der Waals surface area contributed by atoms with Crippen LogP contribution in [-0.2, 0) is 12.0 Å². The van der Waals surface area contributed by atoms with Gasteiger partial charge in [-0.1, -0.05) is 38.1 Å². The zero-order valence-electron chi connectivity index (χ0n) is 15.2. The summed E-state index contributed by atoms with van der Waals surface area (Å²) in [5.41, 5.74) is 4.70. The molecule has 6 nitrogen and oxygen atoms in total. The Morgan fingerprint density at radius 3 is 2.24 bits per heavy atom. The normalized spacial score (nSPS) is 11.7. The van der Waals surface area contributed by atoms with E-state index in [0.29, 0.717) is 18.2 Å². The van der Waals surface area contributed by atoms with E-state index in [9.17, 15) is 4.79 Å². The van der Waals surface area contributed by atoms with E-state index in [1.54, 1.807) is 18.5 Å². The molecule has 0 saturated carbocycles. The molecule has 0 unspecified atom stereocenters. The molecule has 1 aromatic carbocycles. The van der Waals surface area contributed by atoms with Crippen LogP contribution in [0.25, 0.3) is 11.6 Å². The van der Waals surface area contributed by atoms with Crippen LogP contribution in [-0.4, -0.2) is 19.7 Å². The number of aromatic nitrogens is 4. The molecular formula is C19H22N4O2. The van der Waals surface area contributed by atoms with Crippen molar-refractivity contribution in [1.82, 2.24) is 19.7 Å². The summed E-state index contributed by atoms with van der Waals surface area (Å²) in [6, 6.07) is 6.07. The van der Waals surface area contributed by atoms with Crippen molar-refractivity contribution in [2.75, 3.05) is 0 Å². The van der Waals surface area contributed by atoms with Gasteiger partial charge in [0.1, 0.15) is 0 Å². The first-order valence-electron chi connectivity index (χ1n) is 8.22. The van der Waals surface area contributed by atoms with Crippen LogP contribution in [0.15, 0.2) is 39.9 Å². The van der Waals surface area contributed by atoms with E-state index in [1.165, 1.54) is 10.1 Å². The highest BCUT2D eigenvalue weighted by molar-refractivity contribution is 5.44. The van der Waals surface area contributed by atoms with Crippen LogP contribution in [0.5, 0.6) is 0 Å². The van der Waals surface area contributed by atoms with Gasteiger partial charge in [0.25, 0.3) is 0 Å². The quantitative estimate of drug-likeness (QED) is 0.733. The molecule has 0 aliphatic heterocycles. The number of rotatable bonds is 3. The second-order valence-electron chi connectivity index (χ2n) is 7.27. The van der Waals surface area contributed by atoms with Crippen molar-refractivity contribution in [1.29, 1.82) is 0 Å². The third kappa shape index (κ3) is 3.38. The van der Waals surface area contributed by atoms with Crippen LogP contribution in [0, 0.1) is 13.8 Å². The van der Waals surface area contributed by atoms with Gasteiger partial charge >= 0.3 is 5.76 Å². The van der Waals surface area contributed by atoms with Gasteiger partial charge in [-0.3, -0.25) is 4.52 Å². The van der Waals surface area contributed by atoms with Crippen molar-refractivity contribution < 1.29 is 4.52 Å². The molecule has 3 aromatic rings. The topological polar surface area (TPSA) is 73.8 Å². The molecule has 0 fully saturated rings. The minimum atomic E-state index is -0.513. The van der Waals surface area contributed by atoms with Gasteiger partial charge in [-0.2, -0.15) is 0 Å². The smallest absolute Gasteiger partial charge is 0.295 e. The third-order valence-electron chi connectivity index (χ3n) is 4.33. The molecule has 0 spiro atoms. The second-order valence-corrected chi connectivity index (χ2v) is 7.27. The average molecular weight is 338 g/mol. The Kier molecular flexibility index (Phi) is 4.29. The molecule has 25 heavy (non-hydrogen) atoms. The van der Waals surface area contributed by atoms with Gasteiger partial charge in [-0.15, -0.1) is 0 Å². The van der Waals surface area contributed by atoms with E-state index in [2.05, 4.69) is 61.9 Å². The van der Waals surface area contributed by atoms with Crippen LogP contribution < -0.4 is 5.76 Å². The van der Waals surface area contributed by atoms with Crippen molar-refractivity contribution in [3.8, 4) is 11.6 Å². The lowest BCUT2D eigenvalue weighted by molar-refractivity contribution is 0.378. The van der Waals surface area contributed by atoms with Gasteiger partial charge < -0.3 is 0 Å². The Morgan fingerprint density at radius 2 is 1.68 bits per heavy atom. The van der Waals surface area contributed by atoms with E-state index in [-0.39, 0.29) is 5.41 Å². The van der Waals surface area contributed by atoms with Crippen molar-refractivity contribution >= 4 is 0 Å². The highest BCUT2D eigenvalue weighted by Crippen LogP contribution is 2.27. The molecule has 0 amide bonds. The Hall–Kier alpha value is -2.76. The maximum Gasteiger partial charge on any atom is 0.442 e. The standard InChI is InChI=1S/C19H22N4O2/c1-12-9-14(19(3,4)5)10-13(2)15(12)11-23-17(22-25-18(23)24)16-20-7-6-8-21-16/h6-10H,11H2,1-5H3. The van der Waals surface area contributed by atoms with Gasteiger partial charge in [-0.05, 0) is 47.6 Å². The van der Waals surface area contributed by atoms with Crippen LogP contribution in [0.2, 0.25) is 0 Å². The zero-order valence-corrected chi connectivity index (χ0v) is 15.2. The summed E-state index contributed by atoms with van der Waals surface area (Å²) < 4.78 is 6.33. The molecule has 2 aromatic heterocycles. The monoisotopic (exact) mass is 338 g/mol. The summed E-state index contributed by atoms with van der Waals surface area (Å²) in [4.78, 5) is 20.5. The van der Waals surface area contributed by atoms with Crippen molar-refractivity contribution in [3.05, 3.63) is 63.4 Å². The molecule has 6 heteroatoms. The van der Waals surface area contributed by atoms with Gasteiger partial charge in [0.2, 0.25) is 5.82 Å². The molecule has 0 aliphatic rings. The first-order valence-corrected chi connectivity index (χ1v) is 8.22. The first kappa shape index (κ1) is 17.1. The molecule has 0 saturated heterocycles. The third-order valence-corrected chi connectivity index (χ3v) is 4.33. The molecule has 0 atom stereocenters. The van der Waals surface area contributed by atoms with E-state index >= 15 is 0 Å². The molecule has 130 valence electrons. The molecule has 0 bridgehead atoms. The summed E-state index contributed by atoms with van der Waals surface area (Å²) >= 11 is 0. The van der Waals surface area contributed by atoms with Crippen LogP contribution in [0.3, 0.4) is 0 Å². The second kappa shape index (κ2) is 6.27. The fraction of sp³-hybridized carbons (Fsp3) is 0.368. The number of hydrogen-bond donors (Lipinski definition) is 0. The first-order chi connectivity index (χ1) is 11.8. The van der Waals surface area contributed by atoms with Crippen molar-refractivity contribution in [3.63, 3.8) is 0 Å². The SMILES string of the molecule is Cc1cc(C(C)(C)C)cc(C)c1Cn1c(-c2ncccn2)noc1=O. The van der Waals surface area contributed by atoms with E-state index < -0.39 is 5.76 Å². The minimum absolute atomic E-state index is 0.0745. The van der Waals surface area contributed by atoms with Crippen molar-refractivity contribution in [2.45, 2.75) is 46.6 Å². The van der Waals surface area contributed by atoms with Crippen LogP contribution >= 0.6 is 0 Å². The predicted molar refractivity (Wildman–Crippen MR) is 95.5 cm³/mol. The fourth-order valence-corrected chi connectivity index (χ4v) is 2.82. The highest BCUT2D eigenvalue weighted by atomic mass is 16.5. The average Bonchev–Trinajstić information content (AvgIpc) is 2.91. The lowest BCUT2D eigenvalue weighted by Gasteiger charge is -2.22. The predicted octanol–water partition coefficient (Wildman–Crippen LogP) is 3.26.